The average molecular weight is 313 g/mol. The summed E-state index contributed by atoms with van der Waals surface area (Å²) in [5, 5.41) is 0. The highest BCUT2D eigenvalue weighted by atomic mass is 16.5. The number of benzene rings is 1. The van der Waals surface area contributed by atoms with Gasteiger partial charge in [-0.25, -0.2) is 4.79 Å². The summed E-state index contributed by atoms with van der Waals surface area (Å²) < 4.78 is 10.5. The predicted octanol–water partition coefficient (Wildman–Crippen LogP) is 4.02. The Morgan fingerprint density at radius 2 is 2.09 bits per heavy atom. The number of hydrogen-bond acceptors (Lipinski definition) is 4. The maximum absolute atomic E-state index is 11.7. The van der Waals surface area contributed by atoms with Gasteiger partial charge in [-0.15, -0.1) is 0 Å². The molecule has 1 aromatic carbocycles. The first-order valence-corrected chi connectivity index (χ1v) is 8.07. The fourth-order valence-electron chi connectivity index (χ4n) is 3.45. The van der Waals surface area contributed by atoms with E-state index in [1.807, 2.05) is 13.0 Å². The molecule has 0 saturated carbocycles. The topological polar surface area (TPSA) is 42.7 Å². The lowest BCUT2D eigenvalue weighted by molar-refractivity contribution is 0.0559. The normalized spacial score (nSPS) is 18.3. The molecule has 1 aliphatic rings. The van der Waals surface area contributed by atoms with Crippen molar-refractivity contribution in [3.05, 3.63) is 58.5 Å². The predicted molar refractivity (Wildman–Crippen MR) is 88.3 cm³/mol. The molecule has 1 aromatic heterocycles. The molecule has 2 heterocycles. The molecule has 4 nitrogen and oxygen atoms in total. The summed E-state index contributed by atoms with van der Waals surface area (Å²) in [4.78, 5) is 14.1. The van der Waals surface area contributed by atoms with Crippen molar-refractivity contribution in [1.29, 1.82) is 0 Å². The lowest BCUT2D eigenvalue weighted by Gasteiger charge is -2.25. The fourth-order valence-corrected chi connectivity index (χ4v) is 3.45. The van der Waals surface area contributed by atoms with Gasteiger partial charge < -0.3 is 9.15 Å². The molecule has 0 radical (unpaired) electrons. The van der Waals surface area contributed by atoms with E-state index < -0.39 is 5.97 Å². The standard InChI is InChI=1S/C19H23NO3/c1-13-7-4-5-8-16(13)17-9-6-10-20(17)12-15-11-14(2)18(23-15)19(21)22-3/h4-5,7-8,11,17H,6,9-10,12H2,1-3H3/t17-/m0/s1. The minimum Gasteiger partial charge on any atom is -0.463 e. The number of carbonyl (C=O) groups is 1. The molecule has 0 N–H and O–H groups in total. The van der Waals surface area contributed by atoms with Crippen LogP contribution in [0.2, 0.25) is 0 Å². The van der Waals surface area contributed by atoms with Crippen LogP contribution in [0.5, 0.6) is 0 Å². The zero-order valence-electron chi connectivity index (χ0n) is 14.0. The van der Waals surface area contributed by atoms with Gasteiger partial charge >= 0.3 is 5.97 Å². The van der Waals surface area contributed by atoms with Gasteiger partial charge in [-0.1, -0.05) is 24.3 Å². The first-order chi connectivity index (χ1) is 11.1. The van der Waals surface area contributed by atoms with Gasteiger partial charge in [0.15, 0.2) is 0 Å². The molecule has 1 aliphatic heterocycles. The Bertz CT molecular complexity index is 704. The number of hydrogen-bond donors (Lipinski definition) is 0. The Kier molecular flexibility index (Phi) is 4.53. The molecule has 4 heteroatoms. The fraction of sp³-hybridized carbons (Fsp3) is 0.421. The molecular weight excluding hydrogens is 290 g/mol. The zero-order valence-corrected chi connectivity index (χ0v) is 14.0. The molecule has 0 amide bonds. The third kappa shape index (κ3) is 3.17. The molecule has 3 rings (SSSR count). The molecule has 0 aliphatic carbocycles. The van der Waals surface area contributed by atoms with Crippen molar-refractivity contribution in [1.82, 2.24) is 4.90 Å². The van der Waals surface area contributed by atoms with Crippen LogP contribution in [0.4, 0.5) is 0 Å². The highest BCUT2D eigenvalue weighted by molar-refractivity contribution is 5.87. The van der Waals surface area contributed by atoms with Crippen molar-refractivity contribution in [2.45, 2.75) is 39.3 Å². The van der Waals surface area contributed by atoms with E-state index in [2.05, 4.69) is 36.1 Å². The molecule has 0 spiro atoms. The van der Waals surface area contributed by atoms with E-state index in [-0.39, 0.29) is 0 Å². The summed E-state index contributed by atoms with van der Waals surface area (Å²) in [6.07, 6.45) is 2.34. The van der Waals surface area contributed by atoms with Crippen LogP contribution in [0.25, 0.3) is 0 Å². The number of methoxy groups -OCH3 is 1. The van der Waals surface area contributed by atoms with Crippen molar-refractivity contribution < 1.29 is 13.9 Å². The van der Waals surface area contributed by atoms with E-state index in [4.69, 9.17) is 9.15 Å². The van der Waals surface area contributed by atoms with Crippen LogP contribution in [0.3, 0.4) is 0 Å². The maximum Gasteiger partial charge on any atom is 0.374 e. The number of nitrogens with zero attached hydrogens (tertiary/aromatic N) is 1. The summed E-state index contributed by atoms with van der Waals surface area (Å²) >= 11 is 0. The summed E-state index contributed by atoms with van der Waals surface area (Å²) in [6.45, 7) is 5.81. The summed E-state index contributed by atoms with van der Waals surface area (Å²) in [7, 11) is 1.37. The van der Waals surface area contributed by atoms with E-state index >= 15 is 0 Å². The second-order valence-corrected chi connectivity index (χ2v) is 6.20. The molecule has 1 fully saturated rings. The van der Waals surface area contributed by atoms with E-state index in [1.54, 1.807) is 0 Å². The molecule has 0 bridgehead atoms. The Labute approximate surface area is 137 Å². The molecular formula is C19H23NO3. The Balaban J connectivity index is 1.80. The van der Waals surface area contributed by atoms with Crippen molar-refractivity contribution in [3.63, 3.8) is 0 Å². The van der Waals surface area contributed by atoms with E-state index in [0.29, 0.717) is 11.8 Å². The quantitative estimate of drug-likeness (QED) is 0.800. The summed E-state index contributed by atoms with van der Waals surface area (Å²) in [6, 6.07) is 10.9. The number of carbonyl (C=O) groups excluding carboxylic acids is 1. The minimum atomic E-state index is -0.411. The lowest BCUT2D eigenvalue weighted by Crippen LogP contribution is -2.23. The Morgan fingerprint density at radius 1 is 1.30 bits per heavy atom. The van der Waals surface area contributed by atoms with Crippen molar-refractivity contribution in [2.75, 3.05) is 13.7 Å². The first kappa shape index (κ1) is 15.8. The number of likely N-dealkylation sites (tertiary alicyclic amines) is 1. The van der Waals surface area contributed by atoms with Crippen LogP contribution >= 0.6 is 0 Å². The second kappa shape index (κ2) is 6.59. The second-order valence-electron chi connectivity index (χ2n) is 6.20. The highest BCUT2D eigenvalue weighted by Crippen LogP contribution is 2.35. The van der Waals surface area contributed by atoms with Gasteiger partial charge in [-0.05, 0) is 50.4 Å². The van der Waals surface area contributed by atoms with Gasteiger partial charge in [0.25, 0.3) is 0 Å². The number of ether oxygens (including phenoxy) is 1. The van der Waals surface area contributed by atoms with Crippen molar-refractivity contribution >= 4 is 5.97 Å². The van der Waals surface area contributed by atoms with Gasteiger partial charge in [0.1, 0.15) is 5.76 Å². The van der Waals surface area contributed by atoms with Gasteiger partial charge in [0.05, 0.1) is 13.7 Å². The van der Waals surface area contributed by atoms with Crippen molar-refractivity contribution in [3.8, 4) is 0 Å². The maximum atomic E-state index is 11.7. The third-order valence-electron chi connectivity index (χ3n) is 4.61. The number of furan rings is 1. The van der Waals surface area contributed by atoms with Crippen LogP contribution in [0, 0.1) is 13.8 Å². The molecule has 122 valence electrons. The Hall–Kier alpha value is -2.07. The number of aryl methyl sites for hydroxylation is 2. The van der Waals surface area contributed by atoms with Gasteiger partial charge in [0, 0.05) is 11.6 Å². The minimum absolute atomic E-state index is 0.314. The monoisotopic (exact) mass is 313 g/mol. The zero-order chi connectivity index (χ0) is 16.4. The molecule has 1 atom stereocenters. The highest BCUT2D eigenvalue weighted by Gasteiger charge is 2.28. The first-order valence-electron chi connectivity index (χ1n) is 8.07. The van der Waals surface area contributed by atoms with Gasteiger partial charge in [0.2, 0.25) is 5.76 Å². The van der Waals surface area contributed by atoms with Crippen LogP contribution in [0.15, 0.2) is 34.7 Å². The van der Waals surface area contributed by atoms with Crippen LogP contribution in [0.1, 0.15) is 51.9 Å². The summed E-state index contributed by atoms with van der Waals surface area (Å²) in [5.41, 5.74) is 3.55. The van der Waals surface area contributed by atoms with E-state index in [9.17, 15) is 4.79 Å². The van der Waals surface area contributed by atoms with Crippen LogP contribution < -0.4 is 0 Å². The number of esters is 1. The smallest absolute Gasteiger partial charge is 0.374 e. The molecule has 0 unspecified atom stereocenters. The SMILES string of the molecule is COC(=O)c1oc(CN2CCC[C@H]2c2ccccc2C)cc1C. The van der Waals surface area contributed by atoms with E-state index in [0.717, 1.165) is 30.8 Å². The van der Waals surface area contributed by atoms with Crippen LogP contribution in [-0.4, -0.2) is 24.5 Å². The molecule has 23 heavy (non-hydrogen) atoms. The van der Waals surface area contributed by atoms with Gasteiger partial charge in [-0.2, -0.15) is 0 Å². The van der Waals surface area contributed by atoms with Gasteiger partial charge in [-0.3, -0.25) is 4.90 Å². The Morgan fingerprint density at radius 3 is 2.83 bits per heavy atom. The molecule has 2 aromatic rings. The summed E-state index contributed by atoms with van der Waals surface area (Å²) in [5.74, 6) is 0.725. The molecule has 1 saturated heterocycles. The van der Waals surface area contributed by atoms with Crippen LogP contribution in [-0.2, 0) is 11.3 Å². The number of rotatable bonds is 4. The van der Waals surface area contributed by atoms with E-state index in [1.165, 1.54) is 24.7 Å². The average Bonchev–Trinajstić information content (AvgIpc) is 3.14. The third-order valence-corrected chi connectivity index (χ3v) is 4.61. The van der Waals surface area contributed by atoms with Crippen molar-refractivity contribution in [2.24, 2.45) is 0 Å². The largest absolute Gasteiger partial charge is 0.463 e. The lowest BCUT2D eigenvalue weighted by atomic mass is 9.99.